The Labute approximate surface area is 45.9 Å². The number of rotatable bonds is 0. The van der Waals surface area contributed by atoms with E-state index in [1.165, 1.54) is 0 Å². The molecule has 1 amide bonds. The van der Waals surface area contributed by atoms with Gasteiger partial charge in [0.2, 0.25) is 0 Å². The molecule has 2 nitrogen and oxygen atoms in total. The second-order valence-corrected chi connectivity index (χ2v) is 1.48. The molecule has 0 heterocycles. The maximum atomic E-state index is 9.69. The van der Waals surface area contributed by atoms with E-state index < -0.39 is 5.91 Å². The van der Waals surface area contributed by atoms with E-state index in [0.717, 1.165) is 0 Å². The molecule has 35 valence electrons. The summed E-state index contributed by atoms with van der Waals surface area (Å²) in [5.41, 5.74) is 0. The third-order valence-corrected chi connectivity index (χ3v) is 0.566. The quantitative estimate of drug-likeness (QED) is 0.443. The third kappa shape index (κ3) is 2.30. The topological polar surface area (TPSA) is 20.3 Å². The normalized spacial score (nSPS) is 7.83. The lowest BCUT2D eigenvalue weighted by atomic mass is 10.8. The van der Waals surface area contributed by atoms with Crippen LogP contribution in [-0.2, 0) is 4.79 Å². The van der Waals surface area contributed by atoms with Gasteiger partial charge in [0.25, 0.3) is 5.91 Å². The molecule has 0 aliphatic heterocycles. The van der Waals surface area contributed by atoms with E-state index in [-0.39, 0.29) is 0 Å². The van der Waals surface area contributed by atoms with E-state index in [1.807, 2.05) is 0 Å². The standard InChI is InChI=1S/C2H2Cl2NO/c1-2(6)5(3)4/h1H2. The Morgan fingerprint density at radius 2 is 1.83 bits per heavy atom. The summed E-state index contributed by atoms with van der Waals surface area (Å²) < 4.78 is 0.361. The number of carbonyl (C=O) groups excluding carboxylic acids is 1. The first kappa shape index (κ1) is 6.05. The molecule has 0 aliphatic rings. The Bertz CT molecular complexity index is 62.6. The second kappa shape index (κ2) is 2.26. The molecular formula is C2H2Cl2NO. The summed E-state index contributed by atoms with van der Waals surface area (Å²) in [6, 6.07) is 0. The van der Waals surface area contributed by atoms with Gasteiger partial charge in [0.1, 0.15) is 0 Å². The van der Waals surface area contributed by atoms with E-state index in [0.29, 0.717) is 3.94 Å². The molecule has 0 rings (SSSR count). The van der Waals surface area contributed by atoms with Crippen molar-refractivity contribution < 1.29 is 4.79 Å². The Balaban J connectivity index is 3.26. The monoisotopic (exact) mass is 126 g/mol. The molecule has 0 spiro atoms. The summed E-state index contributed by atoms with van der Waals surface area (Å²) in [5.74, 6) is -0.627. The van der Waals surface area contributed by atoms with Crippen molar-refractivity contribution in [2.45, 2.75) is 0 Å². The van der Waals surface area contributed by atoms with Crippen molar-refractivity contribution in [3.8, 4) is 0 Å². The smallest absolute Gasteiger partial charge is 0.252 e. The highest BCUT2D eigenvalue weighted by Gasteiger charge is 1.95. The Morgan fingerprint density at radius 3 is 1.83 bits per heavy atom. The summed E-state index contributed by atoms with van der Waals surface area (Å²) >= 11 is 9.60. The zero-order valence-electron chi connectivity index (χ0n) is 2.82. The first-order valence-corrected chi connectivity index (χ1v) is 1.80. The number of halogens is 2. The van der Waals surface area contributed by atoms with E-state index >= 15 is 0 Å². The molecule has 0 saturated heterocycles. The van der Waals surface area contributed by atoms with Gasteiger partial charge in [-0.25, -0.2) is 0 Å². The van der Waals surface area contributed by atoms with Crippen LogP contribution in [0.3, 0.4) is 0 Å². The van der Waals surface area contributed by atoms with Gasteiger partial charge >= 0.3 is 0 Å². The van der Waals surface area contributed by atoms with E-state index in [4.69, 9.17) is 23.6 Å². The van der Waals surface area contributed by atoms with Crippen LogP contribution in [0.25, 0.3) is 0 Å². The van der Waals surface area contributed by atoms with Crippen LogP contribution in [0.2, 0.25) is 0 Å². The van der Waals surface area contributed by atoms with Crippen molar-refractivity contribution in [1.82, 2.24) is 3.94 Å². The zero-order chi connectivity index (χ0) is 5.15. The molecular weight excluding hydrogens is 125 g/mol. The van der Waals surface area contributed by atoms with Crippen molar-refractivity contribution in [2.24, 2.45) is 0 Å². The van der Waals surface area contributed by atoms with Gasteiger partial charge in [0, 0.05) is 30.5 Å². The SMILES string of the molecule is [CH2]C(=O)N(Cl)Cl. The van der Waals surface area contributed by atoms with Crippen LogP contribution in [0.15, 0.2) is 0 Å². The molecule has 0 bridgehead atoms. The summed E-state index contributed by atoms with van der Waals surface area (Å²) in [6.45, 7) is 2.86. The van der Waals surface area contributed by atoms with Crippen LogP contribution in [0.5, 0.6) is 0 Å². The lowest BCUT2D eigenvalue weighted by molar-refractivity contribution is -0.118. The average Bonchev–Trinajstić information content (AvgIpc) is 1.36. The minimum atomic E-state index is -0.627. The van der Waals surface area contributed by atoms with Crippen molar-refractivity contribution in [3.63, 3.8) is 0 Å². The van der Waals surface area contributed by atoms with Gasteiger partial charge < -0.3 is 0 Å². The number of hydrogen-bond acceptors (Lipinski definition) is 1. The lowest BCUT2D eigenvalue weighted by Gasteiger charge is -1.92. The lowest BCUT2D eigenvalue weighted by Crippen LogP contribution is -2.03. The Kier molecular flexibility index (Phi) is 2.28. The van der Waals surface area contributed by atoms with Gasteiger partial charge in [-0.05, 0) is 0 Å². The van der Waals surface area contributed by atoms with Gasteiger partial charge in [-0.3, -0.25) is 4.79 Å². The van der Waals surface area contributed by atoms with Crippen LogP contribution in [0, 0.1) is 6.92 Å². The van der Waals surface area contributed by atoms with E-state index in [9.17, 15) is 4.79 Å². The fourth-order valence-electron chi connectivity index (χ4n) is 0. The largest absolute Gasteiger partial charge is 0.272 e. The zero-order valence-corrected chi connectivity index (χ0v) is 4.33. The highest BCUT2D eigenvalue weighted by atomic mass is 35.5. The molecule has 0 aromatic heterocycles. The Hall–Kier alpha value is 0.0500. The summed E-state index contributed by atoms with van der Waals surface area (Å²) in [4.78, 5) is 9.69. The van der Waals surface area contributed by atoms with Gasteiger partial charge in [-0.2, -0.15) is 3.94 Å². The van der Waals surface area contributed by atoms with E-state index in [2.05, 4.69) is 6.92 Å². The van der Waals surface area contributed by atoms with Crippen molar-refractivity contribution in [2.75, 3.05) is 0 Å². The van der Waals surface area contributed by atoms with Crippen LogP contribution < -0.4 is 0 Å². The maximum Gasteiger partial charge on any atom is 0.252 e. The predicted octanol–water partition coefficient (Wildman–Crippen LogP) is 0.957. The number of amides is 1. The van der Waals surface area contributed by atoms with Crippen molar-refractivity contribution in [1.29, 1.82) is 0 Å². The number of hydrogen-bond donors (Lipinski definition) is 0. The fraction of sp³-hybridized carbons (Fsp3) is 0. The van der Waals surface area contributed by atoms with Gasteiger partial charge in [0.15, 0.2) is 0 Å². The average molecular weight is 127 g/mol. The maximum absolute atomic E-state index is 9.69. The minimum Gasteiger partial charge on any atom is -0.272 e. The van der Waals surface area contributed by atoms with Gasteiger partial charge in [-0.1, -0.05) is 0 Å². The molecule has 0 fully saturated rings. The van der Waals surface area contributed by atoms with E-state index in [1.54, 1.807) is 0 Å². The summed E-state index contributed by atoms with van der Waals surface area (Å²) in [5, 5.41) is 0. The number of nitrogens with zero attached hydrogens (tertiary/aromatic N) is 1. The Morgan fingerprint density at radius 1 is 1.67 bits per heavy atom. The molecule has 0 aromatic carbocycles. The highest BCUT2D eigenvalue weighted by Crippen LogP contribution is 1.95. The molecule has 4 heteroatoms. The molecule has 6 heavy (non-hydrogen) atoms. The molecule has 1 radical (unpaired) electrons. The van der Waals surface area contributed by atoms with Crippen molar-refractivity contribution in [3.05, 3.63) is 6.92 Å². The second-order valence-electron chi connectivity index (χ2n) is 0.627. The molecule has 0 aliphatic carbocycles. The minimum absolute atomic E-state index is 0.361. The van der Waals surface area contributed by atoms with Crippen LogP contribution >= 0.6 is 23.6 Å². The highest BCUT2D eigenvalue weighted by molar-refractivity contribution is 6.41. The fourth-order valence-corrected chi connectivity index (χ4v) is 0. The van der Waals surface area contributed by atoms with Crippen LogP contribution in [0.4, 0.5) is 0 Å². The van der Waals surface area contributed by atoms with Gasteiger partial charge in [0.05, 0.1) is 0 Å². The van der Waals surface area contributed by atoms with Crippen LogP contribution in [0.1, 0.15) is 0 Å². The summed E-state index contributed by atoms with van der Waals surface area (Å²) in [7, 11) is 0. The molecule has 0 N–H and O–H groups in total. The molecule has 0 aromatic rings. The van der Waals surface area contributed by atoms with Crippen molar-refractivity contribution >= 4 is 29.5 Å². The first-order chi connectivity index (χ1) is 2.64. The molecule has 0 unspecified atom stereocenters. The third-order valence-electron chi connectivity index (χ3n) is 0.189. The van der Waals surface area contributed by atoms with Gasteiger partial charge in [-0.15, -0.1) is 0 Å². The summed E-state index contributed by atoms with van der Waals surface area (Å²) in [6.07, 6.45) is 0. The number of carbonyl (C=O) groups is 1. The molecule has 0 saturated carbocycles. The molecule has 0 atom stereocenters. The predicted molar refractivity (Wildman–Crippen MR) is 23.9 cm³/mol. The van der Waals surface area contributed by atoms with Crippen LogP contribution in [-0.4, -0.2) is 9.85 Å². The first-order valence-electron chi connectivity index (χ1n) is 1.12.